The first-order valence-electron chi connectivity index (χ1n) is 13.8. The lowest BCUT2D eigenvalue weighted by Crippen LogP contribution is -2.31. The summed E-state index contributed by atoms with van der Waals surface area (Å²) in [5, 5.41) is 10.5. The van der Waals surface area contributed by atoms with Crippen molar-refractivity contribution in [3.05, 3.63) is 89.7 Å². The summed E-state index contributed by atoms with van der Waals surface area (Å²) in [5.74, 6) is 0.164. The molecule has 1 aliphatic heterocycles. The van der Waals surface area contributed by atoms with E-state index < -0.39 is 0 Å². The van der Waals surface area contributed by atoms with Gasteiger partial charge < -0.3 is 16.0 Å². The van der Waals surface area contributed by atoms with Crippen LogP contribution in [0.15, 0.2) is 73.1 Å². The molecule has 4 aromatic rings. The molecule has 1 fully saturated rings. The first-order chi connectivity index (χ1) is 19.3. The molecule has 1 aliphatic rings. The molecule has 2 aromatic heterocycles. The maximum absolute atomic E-state index is 13.4. The Balaban J connectivity index is 1.33. The fraction of sp³-hybridized carbons (Fsp3) is 0.312. The molecule has 40 heavy (non-hydrogen) atoms. The largest absolute Gasteiger partial charge is 0.365 e. The second-order valence-electron chi connectivity index (χ2n) is 11.2. The third kappa shape index (κ3) is 6.46. The zero-order chi connectivity index (χ0) is 28.1. The third-order valence-electron chi connectivity index (χ3n) is 7.16. The number of hydrogen-bond acceptors (Lipinski definition) is 6. The van der Waals surface area contributed by atoms with Crippen LogP contribution in [0, 0.1) is 0 Å². The lowest BCUT2D eigenvalue weighted by molar-refractivity contribution is -0.117. The Morgan fingerprint density at radius 2 is 1.70 bits per heavy atom. The molecule has 8 nitrogen and oxygen atoms in total. The van der Waals surface area contributed by atoms with E-state index in [2.05, 4.69) is 51.6 Å². The van der Waals surface area contributed by atoms with Crippen LogP contribution in [0.3, 0.4) is 0 Å². The molecule has 5 rings (SSSR count). The van der Waals surface area contributed by atoms with Gasteiger partial charge in [0, 0.05) is 35.7 Å². The average molecular weight is 537 g/mol. The first-order valence-corrected chi connectivity index (χ1v) is 13.8. The van der Waals surface area contributed by atoms with Crippen molar-refractivity contribution >= 4 is 39.9 Å². The van der Waals surface area contributed by atoms with Gasteiger partial charge in [-0.05, 0) is 78.9 Å². The van der Waals surface area contributed by atoms with Gasteiger partial charge in [0.25, 0.3) is 5.91 Å². The van der Waals surface area contributed by atoms with Gasteiger partial charge in [-0.2, -0.15) is 0 Å². The van der Waals surface area contributed by atoms with Gasteiger partial charge in [-0.1, -0.05) is 45.0 Å². The van der Waals surface area contributed by atoms with E-state index in [0.717, 1.165) is 48.0 Å². The van der Waals surface area contributed by atoms with Crippen molar-refractivity contribution in [1.82, 2.24) is 14.9 Å². The molecule has 0 bridgehead atoms. The summed E-state index contributed by atoms with van der Waals surface area (Å²) in [6.07, 6.45) is 5.71. The van der Waals surface area contributed by atoms with Crippen LogP contribution in [0.1, 0.15) is 55.1 Å². The number of rotatable bonds is 8. The van der Waals surface area contributed by atoms with Gasteiger partial charge in [-0.3, -0.25) is 19.5 Å². The molecular formula is C32H36N6O2. The van der Waals surface area contributed by atoms with E-state index in [4.69, 9.17) is 0 Å². The second-order valence-corrected chi connectivity index (χ2v) is 11.2. The van der Waals surface area contributed by atoms with Gasteiger partial charge >= 0.3 is 0 Å². The molecule has 206 valence electrons. The van der Waals surface area contributed by atoms with Crippen LogP contribution in [0.4, 0.5) is 17.2 Å². The van der Waals surface area contributed by atoms with E-state index in [1.165, 1.54) is 0 Å². The number of aromatic nitrogens is 2. The van der Waals surface area contributed by atoms with Crippen LogP contribution >= 0.6 is 0 Å². The van der Waals surface area contributed by atoms with E-state index in [0.29, 0.717) is 35.8 Å². The van der Waals surface area contributed by atoms with E-state index in [1.54, 1.807) is 24.5 Å². The van der Waals surface area contributed by atoms with E-state index >= 15 is 0 Å². The van der Waals surface area contributed by atoms with Crippen molar-refractivity contribution in [2.24, 2.45) is 0 Å². The third-order valence-corrected chi connectivity index (χ3v) is 7.16. The molecule has 0 atom stereocenters. The highest BCUT2D eigenvalue weighted by Gasteiger charge is 2.22. The maximum Gasteiger partial charge on any atom is 0.259 e. The minimum atomic E-state index is -0.284. The number of likely N-dealkylation sites (tertiary alicyclic amines) is 1. The molecule has 0 spiro atoms. The van der Waals surface area contributed by atoms with Gasteiger partial charge in [0.2, 0.25) is 5.91 Å². The second kappa shape index (κ2) is 11.8. The molecular weight excluding hydrogens is 500 g/mol. The predicted molar refractivity (Wildman–Crippen MR) is 161 cm³/mol. The van der Waals surface area contributed by atoms with Gasteiger partial charge in [0.05, 0.1) is 17.6 Å². The Morgan fingerprint density at radius 3 is 2.50 bits per heavy atom. The first kappa shape index (κ1) is 27.3. The quantitative estimate of drug-likeness (QED) is 0.262. The molecule has 0 radical (unpaired) electrons. The van der Waals surface area contributed by atoms with Crippen LogP contribution < -0.4 is 16.0 Å². The molecule has 3 N–H and O–H groups in total. The topological polar surface area (TPSA) is 99.2 Å². The maximum atomic E-state index is 13.4. The van der Waals surface area contributed by atoms with Crippen LogP contribution in [0.25, 0.3) is 10.9 Å². The number of carbonyl (C=O) groups is 2. The summed E-state index contributed by atoms with van der Waals surface area (Å²) in [7, 11) is 0. The fourth-order valence-corrected chi connectivity index (χ4v) is 5.13. The van der Waals surface area contributed by atoms with Gasteiger partial charge in [0.15, 0.2) is 0 Å². The highest BCUT2D eigenvalue weighted by molar-refractivity contribution is 6.08. The van der Waals surface area contributed by atoms with Gasteiger partial charge in [0.1, 0.15) is 5.82 Å². The Hall–Kier alpha value is -4.30. The molecule has 8 heteroatoms. The van der Waals surface area contributed by atoms with Gasteiger partial charge in [-0.25, -0.2) is 4.98 Å². The SMILES string of the molecule is CC(C)(C)c1ccc(NC(=O)c2cccnc2NCc2ccnc3ccccc23)cc1NC(=O)CN1CCCC1. The van der Waals surface area contributed by atoms with Crippen molar-refractivity contribution in [3.8, 4) is 0 Å². The number of carbonyl (C=O) groups excluding carboxylic acids is 2. The minimum absolute atomic E-state index is 0.0433. The summed E-state index contributed by atoms with van der Waals surface area (Å²) in [6.45, 7) is 9.09. The normalized spacial score (nSPS) is 13.8. The van der Waals surface area contributed by atoms with Crippen LogP contribution in [0.5, 0.6) is 0 Å². The van der Waals surface area contributed by atoms with Gasteiger partial charge in [-0.15, -0.1) is 0 Å². The standard InChI is InChI=1S/C32H36N6O2/c1-32(2,3)26-13-12-23(19-28(26)37-29(39)21-38-17-6-7-18-38)36-31(40)25-10-8-15-34-30(25)35-20-22-14-16-33-27-11-5-4-9-24(22)27/h4-5,8-16,19H,6-7,17-18,20-21H2,1-3H3,(H,34,35)(H,36,40)(H,37,39). The molecule has 3 heterocycles. The van der Waals surface area contributed by atoms with E-state index in [9.17, 15) is 9.59 Å². The van der Waals surface area contributed by atoms with Crippen molar-refractivity contribution in [1.29, 1.82) is 0 Å². The fourth-order valence-electron chi connectivity index (χ4n) is 5.13. The number of fused-ring (bicyclic) bond motifs is 1. The zero-order valence-electron chi connectivity index (χ0n) is 23.3. The number of para-hydroxylation sites is 1. The predicted octanol–water partition coefficient (Wildman–Crippen LogP) is 5.83. The Kier molecular flexibility index (Phi) is 8.07. The number of anilines is 3. The van der Waals surface area contributed by atoms with Crippen molar-refractivity contribution < 1.29 is 9.59 Å². The van der Waals surface area contributed by atoms with Crippen LogP contribution in [-0.4, -0.2) is 46.3 Å². The molecule has 2 amide bonds. The minimum Gasteiger partial charge on any atom is -0.365 e. The molecule has 1 saturated heterocycles. The molecule has 0 saturated carbocycles. The van der Waals surface area contributed by atoms with Crippen molar-refractivity contribution in [2.45, 2.75) is 45.6 Å². The molecule has 0 unspecified atom stereocenters. The Labute approximate surface area is 235 Å². The highest BCUT2D eigenvalue weighted by atomic mass is 16.2. The number of benzene rings is 2. The summed E-state index contributed by atoms with van der Waals surface area (Å²) in [5.41, 5.74) is 4.55. The Bertz CT molecular complexity index is 1520. The molecule has 0 aliphatic carbocycles. The molecule has 2 aromatic carbocycles. The smallest absolute Gasteiger partial charge is 0.259 e. The van der Waals surface area contributed by atoms with Crippen molar-refractivity contribution in [3.63, 3.8) is 0 Å². The highest BCUT2D eigenvalue weighted by Crippen LogP contribution is 2.32. The summed E-state index contributed by atoms with van der Waals surface area (Å²) < 4.78 is 0. The Morgan fingerprint density at radius 1 is 0.900 bits per heavy atom. The van der Waals surface area contributed by atoms with E-state index in [-0.39, 0.29) is 17.2 Å². The number of amides is 2. The van der Waals surface area contributed by atoms with Crippen LogP contribution in [0.2, 0.25) is 0 Å². The zero-order valence-corrected chi connectivity index (χ0v) is 23.3. The summed E-state index contributed by atoms with van der Waals surface area (Å²) in [6, 6.07) is 19.1. The van der Waals surface area contributed by atoms with Crippen molar-refractivity contribution in [2.75, 3.05) is 35.6 Å². The number of hydrogen-bond donors (Lipinski definition) is 3. The summed E-state index contributed by atoms with van der Waals surface area (Å²) in [4.78, 5) is 37.3. The number of nitrogens with zero attached hydrogens (tertiary/aromatic N) is 3. The number of pyridine rings is 2. The average Bonchev–Trinajstić information content (AvgIpc) is 3.44. The monoisotopic (exact) mass is 536 g/mol. The lowest BCUT2D eigenvalue weighted by atomic mass is 9.85. The lowest BCUT2D eigenvalue weighted by Gasteiger charge is -2.24. The number of nitrogens with one attached hydrogen (secondary N) is 3. The summed E-state index contributed by atoms with van der Waals surface area (Å²) >= 11 is 0. The van der Waals surface area contributed by atoms with Crippen LogP contribution in [-0.2, 0) is 16.8 Å². The van der Waals surface area contributed by atoms with E-state index in [1.807, 2.05) is 48.5 Å².